The van der Waals surface area contributed by atoms with Gasteiger partial charge in [0.1, 0.15) is 5.52 Å². The highest BCUT2D eigenvalue weighted by Crippen LogP contribution is 2.26. The Morgan fingerprint density at radius 2 is 1.60 bits per heavy atom. The van der Waals surface area contributed by atoms with Gasteiger partial charge in [0.15, 0.2) is 5.58 Å². The SMILES string of the molecule is Clc1ccc(/C=C/c2nc3cc(-c4ccccc4)ccc3o2)cc1Cl. The number of nitrogens with zero attached hydrogens (tertiary/aromatic N) is 1. The highest BCUT2D eigenvalue weighted by Gasteiger charge is 2.06. The van der Waals surface area contributed by atoms with Gasteiger partial charge in [-0.2, -0.15) is 0 Å². The standard InChI is InChI=1S/C21H13Cl2NO/c22-17-9-6-14(12-18(17)23)7-11-21-24-19-13-16(8-10-20(19)25-21)15-4-2-1-3-5-15/h1-13H/b11-7+. The average molecular weight is 366 g/mol. The van der Waals surface area contributed by atoms with Crippen molar-refractivity contribution in [3.63, 3.8) is 0 Å². The first-order valence-corrected chi connectivity index (χ1v) is 8.54. The van der Waals surface area contributed by atoms with Crippen LogP contribution in [-0.4, -0.2) is 4.98 Å². The summed E-state index contributed by atoms with van der Waals surface area (Å²) in [6, 6.07) is 21.7. The Morgan fingerprint density at radius 3 is 2.40 bits per heavy atom. The molecule has 0 saturated heterocycles. The minimum Gasteiger partial charge on any atom is -0.437 e. The maximum absolute atomic E-state index is 6.03. The largest absolute Gasteiger partial charge is 0.437 e. The Morgan fingerprint density at radius 1 is 0.760 bits per heavy atom. The fourth-order valence-corrected chi connectivity index (χ4v) is 2.92. The maximum Gasteiger partial charge on any atom is 0.220 e. The van der Waals surface area contributed by atoms with E-state index in [1.54, 1.807) is 12.1 Å². The van der Waals surface area contributed by atoms with Crippen molar-refractivity contribution in [2.75, 3.05) is 0 Å². The van der Waals surface area contributed by atoms with E-state index in [1.807, 2.05) is 54.6 Å². The average Bonchev–Trinajstić information content (AvgIpc) is 3.05. The van der Waals surface area contributed by atoms with Crippen molar-refractivity contribution in [1.82, 2.24) is 4.98 Å². The lowest BCUT2D eigenvalue weighted by Gasteiger charge is -1.99. The van der Waals surface area contributed by atoms with Gasteiger partial charge < -0.3 is 4.42 Å². The number of aromatic nitrogens is 1. The molecule has 0 fully saturated rings. The Hall–Kier alpha value is -2.55. The van der Waals surface area contributed by atoms with Gasteiger partial charge in [0, 0.05) is 6.08 Å². The molecule has 0 unspecified atom stereocenters. The molecule has 4 heteroatoms. The molecule has 0 bridgehead atoms. The monoisotopic (exact) mass is 365 g/mol. The van der Waals surface area contributed by atoms with Crippen LogP contribution in [0, 0.1) is 0 Å². The zero-order valence-corrected chi connectivity index (χ0v) is 14.6. The third-order valence-corrected chi connectivity index (χ3v) is 4.61. The quantitative estimate of drug-likeness (QED) is 0.391. The van der Waals surface area contributed by atoms with E-state index in [4.69, 9.17) is 27.6 Å². The number of halogens is 2. The van der Waals surface area contributed by atoms with Gasteiger partial charge in [-0.15, -0.1) is 0 Å². The second-order valence-electron chi connectivity index (χ2n) is 5.61. The predicted octanol–water partition coefficient (Wildman–Crippen LogP) is 6.97. The fourth-order valence-electron chi connectivity index (χ4n) is 2.61. The van der Waals surface area contributed by atoms with Gasteiger partial charge in [-0.25, -0.2) is 4.98 Å². The summed E-state index contributed by atoms with van der Waals surface area (Å²) in [5.74, 6) is 0.547. The topological polar surface area (TPSA) is 26.0 Å². The van der Waals surface area contributed by atoms with Crippen LogP contribution in [0.5, 0.6) is 0 Å². The van der Waals surface area contributed by atoms with E-state index in [-0.39, 0.29) is 0 Å². The number of rotatable bonds is 3. The summed E-state index contributed by atoms with van der Waals surface area (Å²) in [7, 11) is 0. The minimum absolute atomic E-state index is 0.522. The van der Waals surface area contributed by atoms with Gasteiger partial charge in [0.2, 0.25) is 5.89 Å². The normalized spacial score (nSPS) is 11.4. The highest BCUT2D eigenvalue weighted by atomic mass is 35.5. The molecule has 25 heavy (non-hydrogen) atoms. The molecule has 4 rings (SSSR count). The van der Waals surface area contributed by atoms with Crippen molar-refractivity contribution in [3.05, 3.63) is 88.2 Å². The first-order chi connectivity index (χ1) is 12.2. The first-order valence-electron chi connectivity index (χ1n) is 7.78. The zero-order valence-electron chi connectivity index (χ0n) is 13.1. The highest BCUT2D eigenvalue weighted by molar-refractivity contribution is 6.42. The maximum atomic E-state index is 6.03. The molecule has 0 N–H and O–H groups in total. The van der Waals surface area contributed by atoms with Crippen LogP contribution in [0.2, 0.25) is 10.0 Å². The molecule has 1 heterocycles. The number of hydrogen-bond donors (Lipinski definition) is 0. The third-order valence-electron chi connectivity index (χ3n) is 3.87. The van der Waals surface area contributed by atoms with E-state index >= 15 is 0 Å². The molecule has 1 aromatic heterocycles. The smallest absolute Gasteiger partial charge is 0.220 e. The van der Waals surface area contributed by atoms with Crippen LogP contribution < -0.4 is 0 Å². The molecule has 0 atom stereocenters. The van der Waals surface area contributed by atoms with E-state index in [9.17, 15) is 0 Å². The fraction of sp³-hybridized carbons (Fsp3) is 0. The lowest BCUT2D eigenvalue weighted by molar-refractivity contribution is 0.590. The summed E-state index contributed by atoms with van der Waals surface area (Å²) in [5.41, 5.74) is 4.78. The van der Waals surface area contributed by atoms with Crippen molar-refractivity contribution in [3.8, 4) is 11.1 Å². The number of benzene rings is 3. The molecule has 0 saturated carbocycles. The van der Waals surface area contributed by atoms with Gasteiger partial charge in [-0.05, 0) is 47.0 Å². The molecule has 4 aromatic rings. The molecule has 0 spiro atoms. The van der Waals surface area contributed by atoms with E-state index in [1.165, 1.54) is 0 Å². The summed E-state index contributed by atoms with van der Waals surface area (Å²) in [4.78, 5) is 4.54. The number of oxazole rings is 1. The van der Waals surface area contributed by atoms with Gasteiger partial charge >= 0.3 is 0 Å². The van der Waals surface area contributed by atoms with Gasteiger partial charge in [0.25, 0.3) is 0 Å². The van der Waals surface area contributed by atoms with Crippen molar-refractivity contribution < 1.29 is 4.42 Å². The molecule has 0 aliphatic carbocycles. The predicted molar refractivity (Wildman–Crippen MR) is 105 cm³/mol. The lowest BCUT2D eigenvalue weighted by atomic mass is 10.1. The number of hydrogen-bond acceptors (Lipinski definition) is 2. The molecular formula is C21H13Cl2NO. The summed E-state index contributed by atoms with van der Waals surface area (Å²) in [6.07, 6.45) is 3.72. The van der Waals surface area contributed by atoms with Crippen molar-refractivity contribution in [2.24, 2.45) is 0 Å². The van der Waals surface area contributed by atoms with Gasteiger partial charge in [0.05, 0.1) is 10.0 Å². The molecular weight excluding hydrogens is 353 g/mol. The zero-order chi connectivity index (χ0) is 17.2. The Bertz CT molecular complexity index is 1070. The van der Waals surface area contributed by atoms with Crippen LogP contribution in [0.25, 0.3) is 34.4 Å². The first kappa shape index (κ1) is 15.9. The second-order valence-corrected chi connectivity index (χ2v) is 6.42. The Labute approximate surface area is 155 Å². The molecule has 0 radical (unpaired) electrons. The van der Waals surface area contributed by atoms with Crippen molar-refractivity contribution in [1.29, 1.82) is 0 Å². The molecule has 3 aromatic carbocycles. The van der Waals surface area contributed by atoms with E-state index in [0.717, 1.165) is 27.8 Å². The van der Waals surface area contributed by atoms with Crippen LogP contribution in [0.15, 0.2) is 71.1 Å². The Balaban J connectivity index is 1.65. The van der Waals surface area contributed by atoms with Crippen molar-refractivity contribution in [2.45, 2.75) is 0 Å². The molecule has 0 aliphatic heterocycles. The van der Waals surface area contributed by atoms with Crippen LogP contribution in [0.1, 0.15) is 11.5 Å². The van der Waals surface area contributed by atoms with E-state index < -0.39 is 0 Å². The van der Waals surface area contributed by atoms with Gasteiger partial charge in [-0.1, -0.05) is 65.7 Å². The Kier molecular flexibility index (Phi) is 4.31. The molecule has 122 valence electrons. The number of fused-ring (bicyclic) bond motifs is 1. The van der Waals surface area contributed by atoms with E-state index in [2.05, 4.69) is 17.1 Å². The van der Waals surface area contributed by atoms with Crippen LogP contribution in [0.4, 0.5) is 0 Å². The van der Waals surface area contributed by atoms with Crippen molar-refractivity contribution >= 4 is 46.5 Å². The summed E-state index contributed by atoms with van der Waals surface area (Å²) in [5, 5.41) is 1.06. The van der Waals surface area contributed by atoms with Gasteiger partial charge in [-0.3, -0.25) is 0 Å². The summed E-state index contributed by atoms with van der Waals surface area (Å²) in [6.45, 7) is 0. The molecule has 2 nitrogen and oxygen atoms in total. The summed E-state index contributed by atoms with van der Waals surface area (Å²) < 4.78 is 5.78. The van der Waals surface area contributed by atoms with E-state index in [0.29, 0.717) is 15.9 Å². The lowest BCUT2D eigenvalue weighted by Crippen LogP contribution is -1.77. The summed E-state index contributed by atoms with van der Waals surface area (Å²) >= 11 is 12.0. The second kappa shape index (κ2) is 6.75. The van der Waals surface area contributed by atoms with Crippen LogP contribution >= 0.6 is 23.2 Å². The van der Waals surface area contributed by atoms with Crippen LogP contribution in [-0.2, 0) is 0 Å². The molecule has 0 amide bonds. The minimum atomic E-state index is 0.522. The van der Waals surface area contributed by atoms with Crippen LogP contribution in [0.3, 0.4) is 0 Å². The molecule has 0 aliphatic rings. The third kappa shape index (κ3) is 3.46.